The zero-order valence-corrected chi connectivity index (χ0v) is 8.20. The molecule has 15 heavy (non-hydrogen) atoms. The Morgan fingerprint density at radius 3 is 2.87 bits per heavy atom. The fourth-order valence-electron chi connectivity index (χ4n) is 2.04. The molecule has 0 radical (unpaired) electrons. The van der Waals surface area contributed by atoms with Crippen LogP contribution in [-0.2, 0) is 0 Å². The van der Waals surface area contributed by atoms with E-state index in [9.17, 15) is 4.39 Å². The molecule has 0 spiro atoms. The second-order valence-corrected chi connectivity index (χ2v) is 3.92. The first-order valence-corrected chi connectivity index (χ1v) is 5.13. The fourth-order valence-corrected chi connectivity index (χ4v) is 2.04. The van der Waals surface area contributed by atoms with E-state index in [2.05, 4.69) is 22.1 Å². The van der Waals surface area contributed by atoms with E-state index in [1.54, 1.807) is 6.07 Å². The molecule has 2 nitrogen and oxygen atoms in total. The van der Waals surface area contributed by atoms with E-state index in [1.807, 2.05) is 0 Å². The number of H-pyrrole nitrogens is 1. The van der Waals surface area contributed by atoms with Gasteiger partial charge in [0.05, 0.1) is 11.0 Å². The Morgan fingerprint density at radius 1 is 1.27 bits per heavy atom. The molecule has 0 bridgehead atoms. The van der Waals surface area contributed by atoms with E-state index < -0.39 is 0 Å². The molecule has 0 fully saturated rings. The molecule has 0 saturated heterocycles. The summed E-state index contributed by atoms with van der Waals surface area (Å²) in [5.41, 5.74) is 1.63. The molecule has 1 heterocycles. The fraction of sp³-hybridized carbons (Fsp3) is 0.250. The summed E-state index contributed by atoms with van der Waals surface area (Å²) in [6, 6.07) is 4.65. The van der Waals surface area contributed by atoms with Crippen LogP contribution < -0.4 is 0 Å². The molecule has 1 aromatic heterocycles. The van der Waals surface area contributed by atoms with Crippen LogP contribution in [0, 0.1) is 5.82 Å². The van der Waals surface area contributed by atoms with Crippen molar-refractivity contribution in [2.75, 3.05) is 0 Å². The first-order chi connectivity index (χ1) is 7.33. The SMILES string of the molecule is Fc1ccc2nc(C3CC=CC3)[nH]c2c1. The minimum atomic E-state index is -0.220. The Bertz CT molecular complexity index is 519. The summed E-state index contributed by atoms with van der Waals surface area (Å²) in [5.74, 6) is 1.20. The normalized spacial score (nSPS) is 16.6. The highest BCUT2D eigenvalue weighted by atomic mass is 19.1. The van der Waals surface area contributed by atoms with Crippen molar-refractivity contribution in [1.82, 2.24) is 9.97 Å². The summed E-state index contributed by atoms with van der Waals surface area (Å²) < 4.78 is 13.0. The zero-order valence-electron chi connectivity index (χ0n) is 8.20. The monoisotopic (exact) mass is 202 g/mol. The predicted molar refractivity (Wildman–Crippen MR) is 57.2 cm³/mol. The van der Waals surface area contributed by atoms with Crippen LogP contribution in [0.2, 0.25) is 0 Å². The summed E-state index contributed by atoms with van der Waals surface area (Å²) in [4.78, 5) is 7.66. The van der Waals surface area contributed by atoms with Gasteiger partial charge in [0.2, 0.25) is 0 Å². The van der Waals surface area contributed by atoms with Gasteiger partial charge in [0.15, 0.2) is 0 Å². The maximum absolute atomic E-state index is 13.0. The lowest BCUT2D eigenvalue weighted by molar-refractivity contribution is 0.629. The minimum Gasteiger partial charge on any atom is -0.342 e. The average Bonchev–Trinajstić information content (AvgIpc) is 2.84. The van der Waals surface area contributed by atoms with Crippen LogP contribution >= 0.6 is 0 Å². The van der Waals surface area contributed by atoms with Crippen molar-refractivity contribution >= 4 is 11.0 Å². The summed E-state index contributed by atoms with van der Waals surface area (Å²) >= 11 is 0. The van der Waals surface area contributed by atoms with Crippen LogP contribution in [0.5, 0.6) is 0 Å². The van der Waals surface area contributed by atoms with Gasteiger partial charge in [-0.05, 0) is 31.0 Å². The van der Waals surface area contributed by atoms with Crippen LogP contribution in [0.1, 0.15) is 24.6 Å². The first-order valence-electron chi connectivity index (χ1n) is 5.13. The molecule has 1 aromatic carbocycles. The third-order valence-corrected chi connectivity index (χ3v) is 2.86. The third kappa shape index (κ3) is 1.44. The third-order valence-electron chi connectivity index (χ3n) is 2.86. The van der Waals surface area contributed by atoms with Crippen LogP contribution in [0.4, 0.5) is 4.39 Å². The number of fused-ring (bicyclic) bond motifs is 1. The lowest BCUT2D eigenvalue weighted by Gasteiger charge is -2.02. The summed E-state index contributed by atoms with van der Waals surface area (Å²) in [6.45, 7) is 0. The largest absolute Gasteiger partial charge is 0.342 e. The van der Waals surface area contributed by atoms with E-state index in [1.165, 1.54) is 12.1 Å². The molecule has 0 saturated carbocycles. The quantitative estimate of drug-likeness (QED) is 0.707. The number of nitrogens with zero attached hydrogens (tertiary/aromatic N) is 1. The molecule has 1 N–H and O–H groups in total. The van der Waals surface area contributed by atoms with Gasteiger partial charge in [0.1, 0.15) is 11.6 Å². The Hall–Kier alpha value is -1.64. The Kier molecular flexibility index (Phi) is 1.84. The number of hydrogen-bond donors (Lipinski definition) is 1. The Labute approximate surface area is 86.8 Å². The summed E-state index contributed by atoms with van der Waals surface area (Å²) in [5, 5.41) is 0. The second-order valence-electron chi connectivity index (χ2n) is 3.92. The number of rotatable bonds is 1. The Morgan fingerprint density at radius 2 is 2.07 bits per heavy atom. The lowest BCUT2D eigenvalue weighted by Crippen LogP contribution is -1.94. The van der Waals surface area contributed by atoms with Gasteiger partial charge in [-0.3, -0.25) is 0 Å². The number of aromatic nitrogens is 2. The number of imidazole rings is 1. The molecule has 2 aromatic rings. The Balaban J connectivity index is 2.06. The molecule has 0 unspecified atom stereocenters. The van der Waals surface area contributed by atoms with Gasteiger partial charge in [-0.25, -0.2) is 9.37 Å². The molecule has 3 heteroatoms. The first kappa shape index (κ1) is 8.65. The van der Waals surface area contributed by atoms with Crippen LogP contribution in [0.3, 0.4) is 0 Å². The average molecular weight is 202 g/mol. The van der Waals surface area contributed by atoms with Crippen LogP contribution in [0.25, 0.3) is 11.0 Å². The minimum absolute atomic E-state index is 0.220. The number of aromatic amines is 1. The highest BCUT2D eigenvalue weighted by Gasteiger charge is 2.16. The smallest absolute Gasteiger partial charge is 0.125 e. The van der Waals surface area contributed by atoms with Crippen molar-refractivity contribution in [2.24, 2.45) is 0 Å². The molecule has 76 valence electrons. The number of nitrogens with one attached hydrogen (secondary N) is 1. The van der Waals surface area contributed by atoms with Crippen molar-refractivity contribution in [3.05, 3.63) is 42.0 Å². The topological polar surface area (TPSA) is 28.7 Å². The molecule has 0 atom stereocenters. The highest BCUT2D eigenvalue weighted by Crippen LogP contribution is 2.28. The number of benzene rings is 1. The summed E-state index contributed by atoms with van der Waals surface area (Å²) in [6.07, 6.45) is 6.39. The molecule has 3 rings (SSSR count). The van der Waals surface area contributed by atoms with Gasteiger partial charge in [0, 0.05) is 5.92 Å². The van der Waals surface area contributed by atoms with E-state index in [0.717, 1.165) is 29.7 Å². The predicted octanol–water partition coefficient (Wildman–Crippen LogP) is 3.14. The molecular weight excluding hydrogens is 191 g/mol. The molecule has 0 aliphatic heterocycles. The number of allylic oxidation sites excluding steroid dienone is 2. The second kappa shape index (κ2) is 3.19. The van der Waals surface area contributed by atoms with Crippen molar-refractivity contribution < 1.29 is 4.39 Å². The van der Waals surface area contributed by atoms with Crippen molar-refractivity contribution in [3.8, 4) is 0 Å². The lowest BCUT2D eigenvalue weighted by atomic mass is 10.1. The van der Waals surface area contributed by atoms with Gasteiger partial charge in [-0.2, -0.15) is 0 Å². The maximum Gasteiger partial charge on any atom is 0.125 e. The number of hydrogen-bond acceptors (Lipinski definition) is 1. The van der Waals surface area contributed by atoms with Crippen molar-refractivity contribution in [1.29, 1.82) is 0 Å². The van der Waals surface area contributed by atoms with Crippen molar-refractivity contribution in [3.63, 3.8) is 0 Å². The highest BCUT2D eigenvalue weighted by molar-refractivity contribution is 5.75. The van der Waals surface area contributed by atoms with E-state index in [-0.39, 0.29) is 5.82 Å². The van der Waals surface area contributed by atoms with Crippen molar-refractivity contribution in [2.45, 2.75) is 18.8 Å². The van der Waals surface area contributed by atoms with Gasteiger partial charge in [-0.15, -0.1) is 0 Å². The summed E-state index contributed by atoms with van der Waals surface area (Å²) in [7, 11) is 0. The van der Waals surface area contributed by atoms with Gasteiger partial charge in [-0.1, -0.05) is 12.2 Å². The molecule has 1 aliphatic rings. The van der Waals surface area contributed by atoms with Gasteiger partial charge in [0.25, 0.3) is 0 Å². The van der Waals surface area contributed by atoms with Crippen LogP contribution in [0.15, 0.2) is 30.4 Å². The van der Waals surface area contributed by atoms with E-state index >= 15 is 0 Å². The van der Waals surface area contributed by atoms with Gasteiger partial charge >= 0.3 is 0 Å². The zero-order chi connectivity index (χ0) is 10.3. The van der Waals surface area contributed by atoms with Gasteiger partial charge < -0.3 is 4.98 Å². The molecular formula is C12H11FN2. The van der Waals surface area contributed by atoms with Crippen LogP contribution in [-0.4, -0.2) is 9.97 Å². The van der Waals surface area contributed by atoms with E-state index in [4.69, 9.17) is 0 Å². The molecule has 0 amide bonds. The number of halogens is 1. The standard InChI is InChI=1S/C12H11FN2/c13-9-5-6-10-11(7-9)15-12(14-10)8-3-1-2-4-8/h1-2,5-8H,3-4H2,(H,14,15). The van der Waals surface area contributed by atoms with E-state index in [0.29, 0.717) is 5.92 Å². The molecule has 1 aliphatic carbocycles. The maximum atomic E-state index is 13.0.